The zero-order chi connectivity index (χ0) is 20.1. The maximum Gasteiger partial charge on any atom is 0.272 e. The molecule has 3 amide bonds. The molecule has 1 aromatic rings. The predicted octanol–water partition coefficient (Wildman–Crippen LogP) is 1.30. The van der Waals surface area contributed by atoms with Crippen LogP contribution in [0.1, 0.15) is 25.7 Å². The smallest absolute Gasteiger partial charge is 0.272 e. The highest BCUT2D eigenvalue weighted by atomic mass is 19.1. The summed E-state index contributed by atoms with van der Waals surface area (Å²) in [4.78, 5) is 41.2. The molecule has 1 saturated carbocycles. The third kappa shape index (κ3) is 2.74. The van der Waals surface area contributed by atoms with Gasteiger partial charge in [0, 0.05) is 18.9 Å². The summed E-state index contributed by atoms with van der Waals surface area (Å²) in [5, 5.41) is 0. The summed E-state index contributed by atoms with van der Waals surface area (Å²) in [5.74, 6) is 1.05. The zero-order valence-corrected chi connectivity index (χ0v) is 15.5. The Labute approximate surface area is 162 Å². The molecule has 1 atom stereocenters. The molecule has 0 radical (unpaired) electrons. The molecule has 0 N–H and O–H groups in total. The van der Waals surface area contributed by atoms with E-state index in [9.17, 15) is 18.8 Å². The van der Waals surface area contributed by atoms with E-state index >= 15 is 0 Å². The molecule has 4 rings (SSSR count). The Morgan fingerprint density at radius 2 is 2.25 bits per heavy atom. The third-order valence-corrected chi connectivity index (χ3v) is 5.62. The quantitative estimate of drug-likeness (QED) is 0.577. The van der Waals surface area contributed by atoms with E-state index in [4.69, 9.17) is 11.2 Å². The van der Waals surface area contributed by atoms with Crippen molar-refractivity contribution >= 4 is 29.6 Å². The number of hydrogen-bond donors (Lipinski definition) is 0. The average molecular weight is 385 g/mol. The molecular weight excluding hydrogens is 365 g/mol. The first kappa shape index (κ1) is 18.4. The summed E-state index contributed by atoms with van der Waals surface area (Å²) in [6.45, 7) is 0.721. The fourth-order valence-electron chi connectivity index (χ4n) is 3.91. The highest BCUT2D eigenvalue weighted by Crippen LogP contribution is 2.50. The van der Waals surface area contributed by atoms with Crippen LogP contribution in [0.15, 0.2) is 12.1 Å². The van der Waals surface area contributed by atoms with Gasteiger partial charge in [-0.2, -0.15) is 0 Å². The van der Waals surface area contributed by atoms with Crippen LogP contribution in [0.25, 0.3) is 0 Å². The number of fused-ring (bicyclic) bond motifs is 1. The van der Waals surface area contributed by atoms with Gasteiger partial charge in [0.05, 0.1) is 24.0 Å². The lowest BCUT2D eigenvalue weighted by molar-refractivity contribution is -0.128. The van der Waals surface area contributed by atoms with Crippen molar-refractivity contribution in [2.24, 2.45) is 0 Å². The minimum absolute atomic E-state index is 0.0115. The standard InChI is InChI=1S/C20H20FN3O4/c1-3-8-23-16-11-15(24(12-25)18(26)14-5-4-9-22(14)2)13(21)10-17(16)28-20(6-7-20)19(23)27/h1,10-12,14H,4-9H2,2H3. The molecule has 3 aliphatic rings. The van der Waals surface area contributed by atoms with Gasteiger partial charge < -0.3 is 4.74 Å². The van der Waals surface area contributed by atoms with Gasteiger partial charge in [0.25, 0.3) is 11.8 Å². The van der Waals surface area contributed by atoms with Gasteiger partial charge in [-0.25, -0.2) is 9.29 Å². The summed E-state index contributed by atoms with van der Waals surface area (Å²) < 4.78 is 20.6. The van der Waals surface area contributed by atoms with E-state index in [1.54, 1.807) is 7.05 Å². The Kier molecular flexibility index (Phi) is 4.35. The van der Waals surface area contributed by atoms with E-state index in [1.165, 1.54) is 11.0 Å². The van der Waals surface area contributed by atoms with Crippen LogP contribution in [0.5, 0.6) is 5.75 Å². The molecule has 2 heterocycles. The highest BCUT2D eigenvalue weighted by Gasteiger charge is 2.58. The number of likely N-dealkylation sites (tertiary alicyclic amines) is 1. The molecular formula is C20H20FN3O4. The number of amides is 3. The SMILES string of the molecule is C#CCN1C(=O)C2(CC2)Oc2cc(F)c(N(C=O)C(=O)C3CCCN3C)cc21. The summed E-state index contributed by atoms with van der Waals surface area (Å²) in [6.07, 6.45) is 8.22. The van der Waals surface area contributed by atoms with Crippen LogP contribution in [0.2, 0.25) is 0 Å². The van der Waals surface area contributed by atoms with Gasteiger partial charge >= 0.3 is 0 Å². The number of halogens is 1. The minimum atomic E-state index is -0.968. The summed E-state index contributed by atoms with van der Waals surface area (Å²) in [5.41, 5.74) is -0.926. The molecule has 1 saturated heterocycles. The van der Waals surface area contributed by atoms with Crippen molar-refractivity contribution in [2.75, 3.05) is 29.9 Å². The molecule has 1 unspecified atom stereocenters. The maximum absolute atomic E-state index is 14.9. The Balaban J connectivity index is 1.75. The van der Waals surface area contributed by atoms with Gasteiger partial charge in [0.15, 0.2) is 11.4 Å². The van der Waals surface area contributed by atoms with Gasteiger partial charge in [-0.05, 0) is 32.5 Å². The normalized spacial score (nSPS) is 22.4. The lowest BCUT2D eigenvalue weighted by atomic mass is 10.1. The first-order valence-corrected chi connectivity index (χ1v) is 9.18. The third-order valence-electron chi connectivity index (χ3n) is 5.62. The molecule has 146 valence electrons. The number of anilines is 2. The number of rotatable bonds is 4. The number of benzene rings is 1. The van der Waals surface area contributed by atoms with E-state index in [0.29, 0.717) is 25.7 Å². The van der Waals surface area contributed by atoms with Crippen LogP contribution in [0.3, 0.4) is 0 Å². The molecule has 2 aliphatic heterocycles. The van der Waals surface area contributed by atoms with Crippen LogP contribution in [0.4, 0.5) is 15.8 Å². The van der Waals surface area contributed by atoms with Crippen molar-refractivity contribution in [1.29, 1.82) is 0 Å². The molecule has 1 spiro atoms. The Hall–Kier alpha value is -2.92. The second kappa shape index (κ2) is 6.60. The monoisotopic (exact) mass is 385 g/mol. The topological polar surface area (TPSA) is 70.2 Å². The largest absolute Gasteiger partial charge is 0.475 e. The van der Waals surface area contributed by atoms with Gasteiger partial charge in [0.2, 0.25) is 6.41 Å². The molecule has 0 aromatic heterocycles. The molecule has 7 nitrogen and oxygen atoms in total. The number of carbonyl (C=O) groups is 3. The van der Waals surface area contributed by atoms with Crippen molar-refractivity contribution in [2.45, 2.75) is 37.3 Å². The Bertz CT molecular complexity index is 905. The van der Waals surface area contributed by atoms with Crippen LogP contribution in [-0.2, 0) is 14.4 Å². The number of likely N-dealkylation sites (N-methyl/N-ethyl adjacent to an activating group) is 1. The van der Waals surface area contributed by atoms with Crippen LogP contribution in [0, 0.1) is 18.2 Å². The Morgan fingerprint density at radius 3 is 2.82 bits per heavy atom. The summed E-state index contributed by atoms with van der Waals surface area (Å²) in [6, 6.07) is 1.91. The molecule has 1 aliphatic carbocycles. The van der Waals surface area contributed by atoms with Crippen molar-refractivity contribution in [3.63, 3.8) is 0 Å². The van der Waals surface area contributed by atoms with Crippen molar-refractivity contribution in [3.05, 3.63) is 17.9 Å². The van der Waals surface area contributed by atoms with Gasteiger partial charge in [-0.1, -0.05) is 5.92 Å². The van der Waals surface area contributed by atoms with Crippen LogP contribution < -0.4 is 14.5 Å². The van der Waals surface area contributed by atoms with Crippen molar-refractivity contribution < 1.29 is 23.5 Å². The first-order chi connectivity index (χ1) is 13.4. The van der Waals surface area contributed by atoms with Gasteiger partial charge in [-0.3, -0.25) is 24.2 Å². The predicted molar refractivity (Wildman–Crippen MR) is 99.4 cm³/mol. The number of nitrogens with zero attached hydrogens (tertiary/aromatic N) is 3. The van der Waals surface area contributed by atoms with Crippen LogP contribution in [-0.4, -0.2) is 54.9 Å². The number of imide groups is 1. The Morgan fingerprint density at radius 1 is 1.50 bits per heavy atom. The zero-order valence-electron chi connectivity index (χ0n) is 15.5. The second-order valence-electron chi connectivity index (χ2n) is 7.42. The van der Waals surface area contributed by atoms with Crippen molar-refractivity contribution in [1.82, 2.24) is 4.90 Å². The van der Waals surface area contributed by atoms with E-state index in [2.05, 4.69) is 5.92 Å². The number of terminal acetylenes is 1. The van der Waals surface area contributed by atoms with Gasteiger partial charge in [-0.15, -0.1) is 6.42 Å². The number of carbonyl (C=O) groups excluding carboxylic acids is 3. The van der Waals surface area contributed by atoms with E-state index in [1.807, 2.05) is 4.90 Å². The molecule has 28 heavy (non-hydrogen) atoms. The highest BCUT2D eigenvalue weighted by molar-refractivity contribution is 6.11. The molecule has 1 aromatic carbocycles. The molecule has 8 heteroatoms. The fraction of sp³-hybridized carbons (Fsp3) is 0.450. The van der Waals surface area contributed by atoms with Crippen molar-refractivity contribution in [3.8, 4) is 18.1 Å². The average Bonchev–Trinajstić information content (AvgIpc) is 3.31. The molecule has 0 bridgehead atoms. The fourth-order valence-corrected chi connectivity index (χ4v) is 3.91. The minimum Gasteiger partial charge on any atom is -0.475 e. The second-order valence-corrected chi connectivity index (χ2v) is 7.42. The summed E-state index contributed by atoms with van der Waals surface area (Å²) >= 11 is 0. The van der Waals surface area contributed by atoms with Gasteiger partial charge in [0.1, 0.15) is 5.75 Å². The lowest BCUT2D eigenvalue weighted by Gasteiger charge is -2.34. The summed E-state index contributed by atoms with van der Waals surface area (Å²) in [7, 11) is 1.79. The van der Waals surface area contributed by atoms with E-state index in [-0.39, 0.29) is 29.6 Å². The molecule has 2 fully saturated rings. The maximum atomic E-state index is 14.9. The number of ether oxygens (including phenoxy) is 1. The first-order valence-electron chi connectivity index (χ1n) is 9.18. The number of hydrogen-bond acceptors (Lipinski definition) is 5. The van der Waals surface area contributed by atoms with E-state index < -0.39 is 23.4 Å². The van der Waals surface area contributed by atoms with Crippen LogP contribution >= 0.6 is 0 Å². The lowest BCUT2D eigenvalue weighted by Crippen LogP contribution is -2.48. The van der Waals surface area contributed by atoms with E-state index in [0.717, 1.165) is 23.9 Å².